The molecule has 0 saturated carbocycles. The Morgan fingerprint density at radius 2 is 1.89 bits per heavy atom. The maximum Gasteiger partial charge on any atom is 0.335 e. The third kappa shape index (κ3) is 1.69. The van der Waals surface area contributed by atoms with Gasteiger partial charge in [0.25, 0.3) is 0 Å². The van der Waals surface area contributed by atoms with Gasteiger partial charge in [0.05, 0.1) is 16.3 Å². The maximum atomic E-state index is 12.4. The van der Waals surface area contributed by atoms with Crippen molar-refractivity contribution < 1.29 is 14.3 Å². The van der Waals surface area contributed by atoms with Gasteiger partial charge in [-0.3, -0.25) is 4.79 Å². The van der Waals surface area contributed by atoms with Gasteiger partial charge in [0.1, 0.15) is 11.2 Å². The van der Waals surface area contributed by atoms with Gasteiger partial charge in [-0.15, -0.1) is 0 Å². The predicted molar refractivity (Wildman–Crippen MR) is 71.7 cm³/mol. The van der Waals surface area contributed by atoms with Crippen molar-refractivity contribution in [1.29, 1.82) is 0 Å². The molecular weight excluding hydrogens is 244 g/mol. The standard InChI is InChI=1S/C15H10O4/c1-8-6-9(15(17)18)7-11-13(16)10-4-2-3-5-12(10)19-14(8)11/h2-7H,1H3,(H,17,18). The van der Waals surface area contributed by atoms with Crippen LogP contribution in [0.5, 0.6) is 0 Å². The highest BCUT2D eigenvalue weighted by Gasteiger charge is 2.13. The molecule has 3 rings (SSSR count). The molecule has 1 aromatic heterocycles. The minimum Gasteiger partial charge on any atom is -0.478 e. The lowest BCUT2D eigenvalue weighted by atomic mass is 10.1. The Morgan fingerprint density at radius 1 is 1.16 bits per heavy atom. The summed E-state index contributed by atoms with van der Waals surface area (Å²) in [6, 6.07) is 9.80. The highest BCUT2D eigenvalue weighted by atomic mass is 16.4. The number of para-hydroxylation sites is 1. The highest BCUT2D eigenvalue weighted by molar-refractivity contribution is 5.97. The first-order valence-corrected chi connectivity index (χ1v) is 5.77. The number of hydrogen-bond donors (Lipinski definition) is 1. The van der Waals surface area contributed by atoms with Gasteiger partial charge in [-0.25, -0.2) is 4.79 Å². The summed E-state index contributed by atoms with van der Waals surface area (Å²) in [6.45, 7) is 1.73. The van der Waals surface area contributed by atoms with Crippen molar-refractivity contribution in [2.75, 3.05) is 0 Å². The SMILES string of the molecule is Cc1cc(C(=O)O)cc2c(=O)c3ccccc3oc12. The summed E-state index contributed by atoms with van der Waals surface area (Å²) in [6.07, 6.45) is 0. The predicted octanol–water partition coefficient (Wildman–Crippen LogP) is 2.95. The lowest BCUT2D eigenvalue weighted by Gasteiger charge is -2.05. The Kier molecular flexibility index (Phi) is 2.38. The van der Waals surface area contributed by atoms with Gasteiger partial charge in [0, 0.05) is 0 Å². The minimum absolute atomic E-state index is 0.0904. The van der Waals surface area contributed by atoms with Crippen molar-refractivity contribution >= 4 is 27.9 Å². The van der Waals surface area contributed by atoms with E-state index >= 15 is 0 Å². The number of carboxylic acids is 1. The molecule has 0 amide bonds. The molecule has 0 radical (unpaired) electrons. The van der Waals surface area contributed by atoms with E-state index in [1.807, 2.05) is 0 Å². The molecule has 3 aromatic rings. The molecule has 0 bridgehead atoms. The van der Waals surface area contributed by atoms with Gasteiger partial charge in [0.2, 0.25) is 5.43 Å². The average Bonchev–Trinajstić information content (AvgIpc) is 2.40. The summed E-state index contributed by atoms with van der Waals surface area (Å²) in [7, 11) is 0. The molecule has 1 heterocycles. The van der Waals surface area contributed by atoms with Crippen LogP contribution >= 0.6 is 0 Å². The van der Waals surface area contributed by atoms with Crippen LogP contribution in [0.25, 0.3) is 21.9 Å². The van der Waals surface area contributed by atoms with E-state index < -0.39 is 5.97 Å². The third-order valence-corrected chi connectivity index (χ3v) is 3.11. The van der Waals surface area contributed by atoms with E-state index in [1.54, 1.807) is 31.2 Å². The molecule has 2 aromatic carbocycles. The van der Waals surface area contributed by atoms with Crippen molar-refractivity contribution in [3.05, 3.63) is 57.7 Å². The van der Waals surface area contributed by atoms with Gasteiger partial charge in [-0.1, -0.05) is 12.1 Å². The van der Waals surface area contributed by atoms with Crippen LogP contribution < -0.4 is 5.43 Å². The van der Waals surface area contributed by atoms with Crippen LogP contribution in [0.3, 0.4) is 0 Å². The van der Waals surface area contributed by atoms with Crippen LogP contribution in [0.2, 0.25) is 0 Å². The number of hydrogen-bond acceptors (Lipinski definition) is 3. The average molecular weight is 254 g/mol. The van der Waals surface area contributed by atoms with Crippen molar-refractivity contribution in [2.45, 2.75) is 6.92 Å². The van der Waals surface area contributed by atoms with Gasteiger partial charge < -0.3 is 9.52 Å². The zero-order valence-electron chi connectivity index (χ0n) is 10.1. The fraction of sp³-hybridized carbons (Fsp3) is 0.0667. The quantitative estimate of drug-likeness (QED) is 0.678. The molecule has 0 unspecified atom stereocenters. The summed E-state index contributed by atoms with van der Waals surface area (Å²) in [5, 5.41) is 9.80. The number of rotatable bonds is 1. The van der Waals surface area contributed by atoms with Crippen LogP contribution in [0.4, 0.5) is 0 Å². The Bertz CT molecular complexity index is 874. The van der Waals surface area contributed by atoms with Crippen LogP contribution in [-0.4, -0.2) is 11.1 Å². The molecule has 0 aliphatic rings. The molecule has 4 nitrogen and oxygen atoms in total. The lowest BCUT2D eigenvalue weighted by molar-refractivity contribution is 0.0697. The zero-order chi connectivity index (χ0) is 13.6. The van der Waals surface area contributed by atoms with Crippen LogP contribution in [0.1, 0.15) is 15.9 Å². The van der Waals surface area contributed by atoms with Crippen molar-refractivity contribution in [2.24, 2.45) is 0 Å². The van der Waals surface area contributed by atoms with E-state index in [0.717, 1.165) is 0 Å². The summed E-state index contributed by atoms with van der Waals surface area (Å²) in [5.74, 6) is -1.06. The molecular formula is C15H10O4. The fourth-order valence-corrected chi connectivity index (χ4v) is 2.20. The largest absolute Gasteiger partial charge is 0.478 e. The minimum atomic E-state index is -1.06. The molecule has 1 N–H and O–H groups in total. The number of fused-ring (bicyclic) bond motifs is 2. The molecule has 0 aliphatic heterocycles. The van der Waals surface area contributed by atoms with E-state index in [9.17, 15) is 9.59 Å². The lowest BCUT2D eigenvalue weighted by Crippen LogP contribution is -2.05. The third-order valence-electron chi connectivity index (χ3n) is 3.11. The molecule has 0 atom stereocenters. The van der Waals surface area contributed by atoms with Crippen molar-refractivity contribution in [3.63, 3.8) is 0 Å². The van der Waals surface area contributed by atoms with E-state index in [2.05, 4.69) is 0 Å². The number of carboxylic acid groups (broad SMARTS) is 1. The number of benzene rings is 2. The summed E-state index contributed by atoms with van der Waals surface area (Å²) >= 11 is 0. The van der Waals surface area contributed by atoms with E-state index in [-0.39, 0.29) is 11.0 Å². The molecule has 19 heavy (non-hydrogen) atoms. The Balaban J connectivity index is 2.55. The monoisotopic (exact) mass is 254 g/mol. The second kappa shape index (κ2) is 3.95. The second-order valence-corrected chi connectivity index (χ2v) is 4.40. The Morgan fingerprint density at radius 3 is 2.63 bits per heavy atom. The zero-order valence-corrected chi connectivity index (χ0v) is 10.1. The molecule has 0 fully saturated rings. The van der Waals surface area contributed by atoms with Crippen LogP contribution in [-0.2, 0) is 0 Å². The number of carbonyl (C=O) groups is 1. The van der Waals surface area contributed by atoms with Gasteiger partial charge in [0.15, 0.2) is 0 Å². The second-order valence-electron chi connectivity index (χ2n) is 4.40. The molecule has 0 aliphatic carbocycles. The first kappa shape index (κ1) is 11.5. The number of aryl methyl sites for hydroxylation is 1. The smallest absolute Gasteiger partial charge is 0.335 e. The molecule has 94 valence electrons. The van der Waals surface area contributed by atoms with Gasteiger partial charge in [-0.05, 0) is 36.8 Å². The first-order valence-electron chi connectivity index (χ1n) is 5.77. The van der Waals surface area contributed by atoms with Crippen molar-refractivity contribution in [1.82, 2.24) is 0 Å². The first-order chi connectivity index (χ1) is 9.08. The van der Waals surface area contributed by atoms with Crippen LogP contribution in [0, 0.1) is 6.92 Å². The van der Waals surface area contributed by atoms with E-state index in [4.69, 9.17) is 9.52 Å². The van der Waals surface area contributed by atoms with Gasteiger partial charge >= 0.3 is 5.97 Å². The molecule has 0 saturated heterocycles. The molecule has 4 heteroatoms. The van der Waals surface area contributed by atoms with Crippen LogP contribution in [0.15, 0.2) is 45.6 Å². The topological polar surface area (TPSA) is 67.5 Å². The molecule has 0 spiro atoms. The summed E-state index contributed by atoms with van der Waals surface area (Å²) in [5.41, 5.74) is 1.47. The Hall–Kier alpha value is -2.62. The summed E-state index contributed by atoms with van der Waals surface area (Å²) < 4.78 is 5.70. The summed E-state index contributed by atoms with van der Waals surface area (Å²) in [4.78, 5) is 23.4. The highest BCUT2D eigenvalue weighted by Crippen LogP contribution is 2.22. The maximum absolute atomic E-state index is 12.4. The van der Waals surface area contributed by atoms with Crippen molar-refractivity contribution in [3.8, 4) is 0 Å². The van der Waals surface area contributed by atoms with Gasteiger partial charge in [-0.2, -0.15) is 0 Å². The number of aromatic carboxylic acids is 1. The van der Waals surface area contributed by atoms with E-state index in [0.29, 0.717) is 27.5 Å². The Labute approximate surface area is 107 Å². The fourth-order valence-electron chi connectivity index (χ4n) is 2.20. The normalized spacial score (nSPS) is 11.0. The van der Waals surface area contributed by atoms with E-state index in [1.165, 1.54) is 12.1 Å².